The number of pyridine rings is 1. The Balaban J connectivity index is 1.78. The molecule has 4 heteroatoms. The lowest BCUT2D eigenvalue weighted by Crippen LogP contribution is -2.36. The highest BCUT2D eigenvalue weighted by Crippen LogP contribution is 2.31. The normalized spacial score (nSPS) is 16.4. The second-order valence-corrected chi connectivity index (χ2v) is 5.81. The minimum absolute atomic E-state index is 0.189. The lowest BCUT2D eigenvalue weighted by atomic mass is 10.0. The van der Waals surface area contributed by atoms with Gasteiger partial charge in [0.1, 0.15) is 5.75 Å². The molecular formula is C19H25N3O. The number of rotatable bonds is 6. The van der Waals surface area contributed by atoms with Gasteiger partial charge in [-0.2, -0.15) is 0 Å². The Morgan fingerprint density at radius 2 is 1.91 bits per heavy atom. The molecule has 0 radical (unpaired) electrons. The Kier molecular flexibility index (Phi) is 5.26. The first kappa shape index (κ1) is 16.0. The summed E-state index contributed by atoms with van der Waals surface area (Å²) in [6.07, 6.45) is 2.52. The predicted octanol–water partition coefficient (Wildman–Crippen LogP) is 2.99. The van der Waals surface area contributed by atoms with E-state index in [4.69, 9.17) is 4.74 Å². The summed E-state index contributed by atoms with van der Waals surface area (Å²) < 4.78 is 6.24. The molecule has 0 saturated carbocycles. The van der Waals surface area contributed by atoms with E-state index in [1.165, 1.54) is 11.1 Å². The molecule has 1 N–H and O–H groups in total. The summed E-state index contributed by atoms with van der Waals surface area (Å²) in [4.78, 5) is 6.98. The van der Waals surface area contributed by atoms with Crippen LogP contribution in [0.3, 0.4) is 0 Å². The van der Waals surface area contributed by atoms with Gasteiger partial charge in [0.25, 0.3) is 0 Å². The fourth-order valence-electron chi connectivity index (χ4n) is 3.02. The molecule has 1 aliphatic rings. The average Bonchev–Trinajstić information content (AvgIpc) is 2.75. The van der Waals surface area contributed by atoms with Crippen molar-refractivity contribution in [2.75, 3.05) is 26.2 Å². The Labute approximate surface area is 138 Å². The van der Waals surface area contributed by atoms with Gasteiger partial charge in [-0.3, -0.25) is 10.3 Å². The fraction of sp³-hybridized carbons (Fsp3) is 0.421. The van der Waals surface area contributed by atoms with Crippen LogP contribution in [0.4, 0.5) is 0 Å². The molecule has 0 amide bonds. The van der Waals surface area contributed by atoms with E-state index in [0.29, 0.717) is 0 Å². The van der Waals surface area contributed by atoms with E-state index in [1.807, 2.05) is 24.4 Å². The number of fused-ring (bicyclic) bond motifs is 2. The van der Waals surface area contributed by atoms with Crippen molar-refractivity contribution in [3.8, 4) is 5.75 Å². The number of hydrogen-bond acceptors (Lipinski definition) is 4. The molecule has 0 spiro atoms. The summed E-state index contributed by atoms with van der Waals surface area (Å²) in [6.45, 7) is 8.42. The maximum atomic E-state index is 6.24. The van der Waals surface area contributed by atoms with Crippen molar-refractivity contribution in [2.45, 2.75) is 26.5 Å². The summed E-state index contributed by atoms with van der Waals surface area (Å²) in [7, 11) is 0. The summed E-state index contributed by atoms with van der Waals surface area (Å²) in [5, 5.41) is 3.53. The van der Waals surface area contributed by atoms with Crippen LogP contribution in [0.25, 0.3) is 0 Å². The standard InChI is InChI=1S/C19H25N3O/c1-3-22(4-2)13-12-21-19-18-16(9-7-11-20-18)14-15-8-5-6-10-17(15)23-19/h5-11,19,21H,3-4,12-14H2,1-2H3. The van der Waals surface area contributed by atoms with E-state index in [0.717, 1.165) is 44.0 Å². The van der Waals surface area contributed by atoms with Gasteiger partial charge in [-0.1, -0.05) is 38.1 Å². The number of hydrogen-bond donors (Lipinski definition) is 1. The van der Waals surface area contributed by atoms with Crippen molar-refractivity contribution in [3.63, 3.8) is 0 Å². The van der Waals surface area contributed by atoms with Crippen LogP contribution in [-0.4, -0.2) is 36.1 Å². The lowest BCUT2D eigenvalue weighted by molar-refractivity contribution is 0.155. The molecular weight excluding hydrogens is 286 g/mol. The maximum absolute atomic E-state index is 6.24. The highest BCUT2D eigenvalue weighted by atomic mass is 16.5. The Hall–Kier alpha value is -1.91. The molecule has 1 aromatic carbocycles. The van der Waals surface area contributed by atoms with Crippen molar-refractivity contribution >= 4 is 0 Å². The molecule has 1 atom stereocenters. The zero-order valence-corrected chi connectivity index (χ0v) is 14.0. The van der Waals surface area contributed by atoms with Gasteiger partial charge < -0.3 is 9.64 Å². The Bertz CT molecular complexity index is 640. The number of nitrogens with one attached hydrogen (secondary N) is 1. The first-order chi connectivity index (χ1) is 11.3. The van der Waals surface area contributed by atoms with Crippen LogP contribution >= 0.6 is 0 Å². The van der Waals surface area contributed by atoms with Crippen LogP contribution in [0.1, 0.15) is 36.9 Å². The van der Waals surface area contributed by atoms with Gasteiger partial charge >= 0.3 is 0 Å². The molecule has 2 aromatic rings. The van der Waals surface area contributed by atoms with Crippen molar-refractivity contribution in [2.24, 2.45) is 0 Å². The van der Waals surface area contributed by atoms with E-state index < -0.39 is 0 Å². The van der Waals surface area contributed by atoms with Crippen LogP contribution in [-0.2, 0) is 6.42 Å². The zero-order valence-electron chi connectivity index (χ0n) is 14.0. The summed E-state index contributed by atoms with van der Waals surface area (Å²) in [5.74, 6) is 0.950. The van der Waals surface area contributed by atoms with Crippen LogP contribution in [0.15, 0.2) is 42.6 Å². The molecule has 2 heterocycles. The monoisotopic (exact) mass is 311 g/mol. The first-order valence-corrected chi connectivity index (χ1v) is 8.46. The number of para-hydroxylation sites is 1. The maximum Gasteiger partial charge on any atom is 0.193 e. The Morgan fingerprint density at radius 3 is 2.74 bits per heavy atom. The molecule has 0 saturated heterocycles. The highest BCUT2D eigenvalue weighted by molar-refractivity contribution is 5.41. The van der Waals surface area contributed by atoms with Gasteiger partial charge in [0.15, 0.2) is 6.23 Å². The van der Waals surface area contributed by atoms with E-state index in [1.54, 1.807) is 0 Å². The lowest BCUT2D eigenvalue weighted by Gasteiger charge is -2.23. The molecule has 3 rings (SSSR count). The van der Waals surface area contributed by atoms with Crippen molar-refractivity contribution in [3.05, 3.63) is 59.4 Å². The van der Waals surface area contributed by atoms with E-state index >= 15 is 0 Å². The molecule has 122 valence electrons. The number of ether oxygens (including phenoxy) is 1. The van der Waals surface area contributed by atoms with Crippen LogP contribution < -0.4 is 10.1 Å². The van der Waals surface area contributed by atoms with E-state index in [9.17, 15) is 0 Å². The molecule has 1 aromatic heterocycles. The number of nitrogens with zero attached hydrogens (tertiary/aromatic N) is 2. The first-order valence-electron chi connectivity index (χ1n) is 8.46. The number of likely N-dealkylation sites (N-methyl/N-ethyl adjacent to an activating group) is 1. The molecule has 0 bridgehead atoms. The van der Waals surface area contributed by atoms with Crippen LogP contribution in [0.5, 0.6) is 5.75 Å². The van der Waals surface area contributed by atoms with Crippen LogP contribution in [0.2, 0.25) is 0 Å². The predicted molar refractivity (Wildman–Crippen MR) is 92.6 cm³/mol. The smallest absolute Gasteiger partial charge is 0.193 e. The minimum Gasteiger partial charge on any atom is -0.469 e. The zero-order chi connectivity index (χ0) is 16.1. The number of benzene rings is 1. The van der Waals surface area contributed by atoms with Gasteiger partial charge in [-0.05, 0) is 36.3 Å². The molecule has 0 fully saturated rings. The van der Waals surface area contributed by atoms with Gasteiger partial charge in [0.05, 0.1) is 5.69 Å². The number of aromatic nitrogens is 1. The van der Waals surface area contributed by atoms with E-state index in [-0.39, 0.29) is 6.23 Å². The SMILES string of the molecule is CCN(CC)CCNC1Oc2ccccc2Cc2cccnc21. The van der Waals surface area contributed by atoms with Crippen molar-refractivity contribution < 1.29 is 4.74 Å². The molecule has 1 unspecified atom stereocenters. The average molecular weight is 311 g/mol. The third-order valence-electron chi connectivity index (χ3n) is 4.42. The third-order valence-corrected chi connectivity index (χ3v) is 4.42. The minimum atomic E-state index is -0.189. The summed E-state index contributed by atoms with van der Waals surface area (Å²) >= 11 is 0. The Morgan fingerprint density at radius 1 is 1.13 bits per heavy atom. The van der Waals surface area contributed by atoms with Gasteiger partial charge in [-0.25, -0.2) is 0 Å². The van der Waals surface area contributed by atoms with E-state index in [2.05, 4.69) is 47.2 Å². The summed E-state index contributed by atoms with van der Waals surface area (Å²) in [6, 6.07) is 12.4. The topological polar surface area (TPSA) is 37.4 Å². The fourth-order valence-corrected chi connectivity index (χ4v) is 3.02. The van der Waals surface area contributed by atoms with Gasteiger partial charge in [-0.15, -0.1) is 0 Å². The second-order valence-electron chi connectivity index (χ2n) is 5.81. The van der Waals surface area contributed by atoms with Crippen molar-refractivity contribution in [1.29, 1.82) is 0 Å². The van der Waals surface area contributed by atoms with Crippen LogP contribution in [0, 0.1) is 0 Å². The molecule has 0 aliphatic carbocycles. The molecule has 1 aliphatic heterocycles. The molecule has 23 heavy (non-hydrogen) atoms. The molecule has 4 nitrogen and oxygen atoms in total. The van der Waals surface area contributed by atoms with Gasteiger partial charge in [0, 0.05) is 25.7 Å². The third kappa shape index (κ3) is 3.71. The van der Waals surface area contributed by atoms with Crippen molar-refractivity contribution in [1.82, 2.24) is 15.2 Å². The largest absolute Gasteiger partial charge is 0.469 e. The quantitative estimate of drug-likeness (QED) is 0.890. The van der Waals surface area contributed by atoms with Gasteiger partial charge in [0.2, 0.25) is 0 Å². The summed E-state index contributed by atoms with van der Waals surface area (Å²) in [5.41, 5.74) is 3.45. The second kappa shape index (κ2) is 7.57. The highest BCUT2D eigenvalue weighted by Gasteiger charge is 2.23.